The van der Waals surface area contributed by atoms with Crippen LogP contribution < -0.4 is 4.74 Å². The largest absolute Gasteiger partial charge is 0.487 e. The van der Waals surface area contributed by atoms with E-state index in [1.807, 2.05) is 6.92 Å². The van der Waals surface area contributed by atoms with E-state index in [4.69, 9.17) is 16.3 Å². The molecule has 1 atom stereocenters. The van der Waals surface area contributed by atoms with Crippen molar-refractivity contribution < 1.29 is 18.1 Å². The smallest absolute Gasteiger partial charge is 0.311 e. The summed E-state index contributed by atoms with van der Waals surface area (Å²) in [4.78, 5) is 10.3. The summed E-state index contributed by atoms with van der Waals surface area (Å²) in [6, 6.07) is 3.53. The molecule has 1 aromatic carbocycles. The van der Waals surface area contributed by atoms with Crippen LogP contribution in [0, 0.1) is 10.1 Å². The fourth-order valence-electron chi connectivity index (χ4n) is 1.47. The van der Waals surface area contributed by atoms with Gasteiger partial charge in [0.15, 0.2) is 15.6 Å². The van der Waals surface area contributed by atoms with Gasteiger partial charge in [-0.25, -0.2) is 8.42 Å². The van der Waals surface area contributed by atoms with E-state index < -0.39 is 20.0 Å². The molecular weight excluding hydrogens is 306 g/mol. The van der Waals surface area contributed by atoms with E-state index in [1.165, 1.54) is 19.1 Å². The van der Waals surface area contributed by atoms with Crippen molar-refractivity contribution in [2.24, 2.45) is 0 Å². The standard InChI is InChI=1S/C12H16ClNO5S/c1-3-6-19-12-7-10(4-5-11(12)14(15)16)20(17,18)9(2)8-13/h4-5,7,9H,3,6,8H2,1-2H3. The molecule has 0 amide bonds. The minimum absolute atomic E-state index is 0.0256. The van der Waals surface area contributed by atoms with Gasteiger partial charge in [0.25, 0.3) is 0 Å². The number of ether oxygens (including phenoxy) is 1. The molecule has 0 saturated carbocycles. The summed E-state index contributed by atoms with van der Waals surface area (Å²) in [5.74, 6) is -0.0931. The molecule has 0 aromatic heterocycles. The molecule has 1 aromatic rings. The van der Waals surface area contributed by atoms with E-state index in [9.17, 15) is 18.5 Å². The molecule has 0 aliphatic rings. The van der Waals surface area contributed by atoms with Gasteiger partial charge in [0.1, 0.15) is 0 Å². The van der Waals surface area contributed by atoms with Crippen LogP contribution in [0.25, 0.3) is 0 Å². The summed E-state index contributed by atoms with van der Waals surface area (Å²) in [6.45, 7) is 3.60. The van der Waals surface area contributed by atoms with Gasteiger partial charge < -0.3 is 4.74 Å². The Kier molecular flexibility index (Phi) is 5.76. The van der Waals surface area contributed by atoms with Crippen LogP contribution in [-0.2, 0) is 9.84 Å². The molecule has 0 fully saturated rings. The van der Waals surface area contributed by atoms with Crippen LogP contribution in [-0.4, -0.2) is 31.1 Å². The third-order valence-electron chi connectivity index (χ3n) is 2.67. The van der Waals surface area contributed by atoms with Crippen molar-refractivity contribution >= 4 is 27.1 Å². The first-order chi connectivity index (χ1) is 9.34. The number of hydrogen-bond donors (Lipinski definition) is 0. The zero-order valence-electron chi connectivity index (χ0n) is 11.2. The molecule has 0 N–H and O–H groups in total. The van der Waals surface area contributed by atoms with Gasteiger partial charge in [0, 0.05) is 18.0 Å². The molecule has 0 radical (unpaired) electrons. The van der Waals surface area contributed by atoms with Gasteiger partial charge in [-0.15, -0.1) is 11.6 Å². The average Bonchev–Trinajstić information content (AvgIpc) is 2.43. The predicted molar refractivity (Wildman–Crippen MR) is 76.3 cm³/mol. The minimum atomic E-state index is -3.61. The lowest BCUT2D eigenvalue weighted by atomic mass is 10.3. The van der Waals surface area contributed by atoms with Crippen LogP contribution >= 0.6 is 11.6 Å². The number of nitro benzene ring substituents is 1. The summed E-state index contributed by atoms with van der Waals surface area (Å²) in [7, 11) is -3.61. The van der Waals surface area contributed by atoms with Crippen molar-refractivity contribution in [2.45, 2.75) is 30.4 Å². The number of nitro groups is 1. The zero-order chi connectivity index (χ0) is 15.3. The van der Waals surface area contributed by atoms with Gasteiger partial charge in [-0.1, -0.05) is 6.92 Å². The highest BCUT2D eigenvalue weighted by Crippen LogP contribution is 2.31. The Balaban J connectivity index is 3.28. The lowest BCUT2D eigenvalue weighted by Gasteiger charge is -2.12. The van der Waals surface area contributed by atoms with Gasteiger partial charge in [-0.05, 0) is 19.4 Å². The van der Waals surface area contributed by atoms with E-state index in [2.05, 4.69) is 0 Å². The predicted octanol–water partition coefficient (Wildman–Crippen LogP) is 2.78. The molecule has 1 unspecified atom stereocenters. The van der Waals surface area contributed by atoms with Crippen LogP contribution in [0.1, 0.15) is 20.3 Å². The van der Waals surface area contributed by atoms with Gasteiger partial charge >= 0.3 is 5.69 Å². The van der Waals surface area contributed by atoms with Crippen molar-refractivity contribution in [1.82, 2.24) is 0 Å². The molecule has 0 bridgehead atoms. The zero-order valence-corrected chi connectivity index (χ0v) is 12.8. The summed E-state index contributed by atoms with van der Waals surface area (Å²) in [5.41, 5.74) is -0.254. The number of hydrogen-bond acceptors (Lipinski definition) is 5. The molecule has 6 nitrogen and oxygen atoms in total. The molecule has 112 valence electrons. The van der Waals surface area contributed by atoms with E-state index >= 15 is 0 Å². The van der Waals surface area contributed by atoms with E-state index in [1.54, 1.807) is 0 Å². The molecular formula is C12H16ClNO5S. The molecule has 0 aliphatic carbocycles. The Morgan fingerprint density at radius 2 is 2.10 bits per heavy atom. The minimum Gasteiger partial charge on any atom is -0.487 e. The van der Waals surface area contributed by atoms with Crippen molar-refractivity contribution in [3.63, 3.8) is 0 Å². The number of rotatable bonds is 7. The molecule has 0 aliphatic heterocycles. The maximum atomic E-state index is 12.2. The SMILES string of the molecule is CCCOc1cc(S(=O)(=O)C(C)CCl)ccc1[N+](=O)[O-]. The van der Waals surface area contributed by atoms with E-state index in [0.717, 1.165) is 6.07 Å². The summed E-state index contributed by atoms with van der Waals surface area (Å²) >= 11 is 5.57. The fraction of sp³-hybridized carbons (Fsp3) is 0.500. The van der Waals surface area contributed by atoms with Crippen molar-refractivity contribution in [2.75, 3.05) is 12.5 Å². The third kappa shape index (κ3) is 3.61. The fourth-order valence-corrected chi connectivity index (χ4v) is 3.12. The Morgan fingerprint density at radius 1 is 1.45 bits per heavy atom. The number of nitrogens with zero attached hydrogens (tertiary/aromatic N) is 1. The molecule has 0 saturated heterocycles. The van der Waals surface area contributed by atoms with Gasteiger partial charge in [0.2, 0.25) is 0 Å². The molecule has 0 spiro atoms. The Morgan fingerprint density at radius 3 is 2.60 bits per heavy atom. The normalized spacial score (nSPS) is 12.9. The van der Waals surface area contributed by atoms with Crippen LogP contribution in [0.3, 0.4) is 0 Å². The number of sulfone groups is 1. The van der Waals surface area contributed by atoms with E-state index in [-0.39, 0.29) is 28.8 Å². The monoisotopic (exact) mass is 321 g/mol. The Hall–Kier alpha value is -1.34. The number of alkyl halides is 1. The van der Waals surface area contributed by atoms with Crippen molar-refractivity contribution in [3.8, 4) is 5.75 Å². The highest BCUT2D eigenvalue weighted by atomic mass is 35.5. The van der Waals surface area contributed by atoms with Crippen LogP contribution in [0.2, 0.25) is 0 Å². The number of halogens is 1. The maximum absolute atomic E-state index is 12.2. The first kappa shape index (κ1) is 16.7. The van der Waals surface area contributed by atoms with E-state index in [0.29, 0.717) is 6.42 Å². The first-order valence-electron chi connectivity index (χ1n) is 6.05. The third-order valence-corrected chi connectivity index (χ3v) is 5.45. The molecule has 0 heterocycles. The van der Waals surface area contributed by atoms with Crippen molar-refractivity contribution in [1.29, 1.82) is 0 Å². The van der Waals surface area contributed by atoms with Gasteiger partial charge in [0.05, 0.1) is 21.7 Å². The second-order valence-electron chi connectivity index (χ2n) is 4.25. The highest BCUT2D eigenvalue weighted by molar-refractivity contribution is 7.92. The summed E-state index contributed by atoms with van der Waals surface area (Å²) < 4.78 is 29.6. The van der Waals surface area contributed by atoms with Gasteiger partial charge in [-0.3, -0.25) is 10.1 Å². The van der Waals surface area contributed by atoms with Crippen LogP contribution in [0.5, 0.6) is 5.75 Å². The quantitative estimate of drug-likeness (QED) is 0.438. The summed E-state index contributed by atoms with van der Waals surface area (Å²) in [6.07, 6.45) is 0.659. The lowest BCUT2D eigenvalue weighted by molar-refractivity contribution is -0.385. The van der Waals surface area contributed by atoms with Crippen LogP contribution in [0.15, 0.2) is 23.1 Å². The second-order valence-corrected chi connectivity index (χ2v) is 6.92. The number of benzene rings is 1. The molecule has 20 heavy (non-hydrogen) atoms. The topological polar surface area (TPSA) is 86.5 Å². The highest BCUT2D eigenvalue weighted by Gasteiger charge is 2.26. The van der Waals surface area contributed by atoms with Crippen LogP contribution in [0.4, 0.5) is 5.69 Å². The van der Waals surface area contributed by atoms with Crippen molar-refractivity contribution in [3.05, 3.63) is 28.3 Å². The Labute approximate surface area is 122 Å². The molecule has 8 heteroatoms. The maximum Gasteiger partial charge on any atom is 0.311 e. The Bertz CT molecular complexity index is 588. The lowest BCUT2D eigenvalue weighted by Crippen LogP contribution is -2.19. The first-order valence-corrected chi connectivity index (χ1v) is 8.13. The average molecular weight is 322 g/mol. The van der Waals surface area contributed by atoms with Gasteiger partial charge in [-0.2, -0.15) is 0 Å². The summed E-state index contributed by atoms with van der Waals surface area (Å²) in [5, 5.41) is 10.1. The second kappa shape index (κ2) is 6.90. The molecule has 1 rings (SSSR count).